The zero-order valence-corrected chi connectivity index (χ0v) is 13.2. The van der Waals surface area contributed by atoms with Gasteiger partial charge in [0.15, 0.2) is 0 Å². The summed E-state index contributed by atoms with van der Waals surface area (Å²) in [4.78, 5) is 10.8. The molecule has 2 nitrogen and oxygen atoms in total. The Balaban J connectivity index is 2.40. The summed E-state index contributed by atoms with van der Waals surface area (Å²) < 4.78 is 0. The first-order chi connectivity index (χ1) is 9.39. The molecule has 0 aromatic carbocycles. The third kappa shape index (κ3) is 3.06. The van der Waals surface area contributed by atoms with Crippen LogP contribution in [0.15, 0.2) is 22.8 Å². The van der Waals surface area contributed by atoms with E-state index in [1.54, 1.807) is 5.57 Å². The summed E-state index contributed by atoms with van der Waals surface area (Å²) in [6.45, 7) is 6.51. The second-order valence-corrected chi connectivity index (χ2v) is 7.22. The second-order valence-electron chi connectivity index (χ2n) is 7.22. The van der Waals surface area contributed by atoms with Gasteiger partial charge in [-0.15, -0.1) is 0 Å². The van der Waals surface area contributed by atoms with Gasteiger partial charge < -0.3 is 5.11 Å². The highest BCUT2D eigenvalue weighted by molar-refractivity contribution is 5.66. The number of hydrogen-bond donors (Lipinski definition) is 1. The van der Waals surface area contributed by atoms with Crippen LogP contribution in [-0.4, -0.2) is 17.0 Å². The summed E-state index contributed by atoms with van der Waals surface area (Å²) in [5.74, 6) is 0. The Morgan fingerprint density at radius 2 is 1.85 bits per heavy atom. The van der Waals surface area contributed by atoms with Crippen molar-refractivity contribution in [2.75, 3.05) is 0 Å². The quantitative estimate of drug-likeness (QED) is 0.463. The molecule has 0 aromatic heterocycles. The Labute approximate surface area is 123 Å². The first-order valence-corrected chi connectivity index (χ1v) is 7.95. The topological polar surface area (TPSA) is 37.3 Å². The van der Waals surface area contributed by atoms with Gasteiger partial charge in [-0.2, -0.15) is 0 Å². The van der Waals surface area contributed by atoms with Crippen LogP contribution in [0.2, 0.25) is 0 Å². The maximum atomic E-state index is 11.1. The molecule has 0 heterocycles. The lowest BCUT2D eigenvalue weighted by atomic mass is 9.65. The molecule has 1 N–H and O–H groups in total. The van der Waals surface area contributed by atoms with Crippen LogP contribution in [0, 0.1) is 5.41 Å². The Morgan fingerprint density at radius 3 is 2.55 bits per heavy atom. The number of hydrogen-bond acceptors (Lipinski definition) is 2. The van der Waals surface area contributed by atoms with Crippen LogP contribution >= 0.6 is 0 Å². The van der Waals surface area contributed by atoms with Crippen molar-refractivity contribution in [3.63, 3.8) is 0 Å². The van der Waals surface area contributed by atoms with E-state index < -0.39 is 5.60 Å². The molecule has 0 aromatic rings. The van der Waals surface area contributed by atoms with E-state index in [2.05, 4.69) is 13.8 Å². The normalized spacial score (nSPS) is 31.3. The molecule has 20 heavy (non-hydrogen) atoms. The van der Waals surface area contributed by atoms with Gasteiger partial charge in [0.25, 0.3) is 0 Å². The lowest BCUT2D eigenvalue weighted by Gasteiger charge is -2.42. The largest absolute Gasteiger partial charge is 0.385 e. The van der Waals surface area contributed by atoms with E-state index in [1.807, 2.05) is 6.92 Å². The molecule has 0 amide bonds. The SMILES string of the molecule is C/C(=C\C=O)C1(O)CCCCC2=C(C1)C(C)(C)CCC2. The summed E-state index contributed by atoms with van der Waals surface area (Å²) in [6, 6.07) is 0. The minimum atomic E-state index is -0.823. The molecule has 2 aliphatic rings. The molecule has 0 bridgehead atoms. The molecule has 2 heteroatoms. The lowest BCUT2D eigenvalue weighted by Crippen LogP contribution is -2.36. The average molecular weight is 276 g/mol. The van der Waals surface area contributed by atoms with Crippen LogP contribution in [0.25, 0.3) is 0 Å². The third-order valence-electron chi connectivity index (χ3n) is 5.36. The zero-order chi connectivity index (χ0) is 14.8. The van der Waals surface area contributed by atoms with Crippen LogP contribution in [0.1, 0.15) is 72.1 Å². The van der Waals surface area contributed by atoms with Gasteiger partial charge in [-0.05, 0) is 68.9 Å². The molecule has 2 rings (SSSR count). The van der Waals surface area contributed by atoms with E-state index in [0.29, 0.717) is 6.42 Å². The summed E-state index contributed by atoms with van der Waals surface area (Å²) in [5.41, 5.74) is 3.24. The number of allylic oxidation sites excluding steroid dienone is 2. The van der Waals surface area contributed by atoms with E-state index in [4.69, 9.17) is 0 Å². The van der Waals surface area contributed by atoms with Gasteiger partial charge in [-0.3, -0.25) is 4.79 Å². The molecule has 0 saturated carbocycles. The van der Waals surface area contributed by atoms with Gasteiger partial charge in [0.2, 0.25) is 0 Å². The molecular weight excluding hydrogens is 248 g/mol. The zero-order valence-electron chi connectivity index (χ0n) is 13.2. The summed E-state index contributed by atoms with van der Waals surface area (Å²) >= 11 is 0. The minimum absolute atomic E-state index is 0.195. The van der Waals surface area contributed by atoms with Crippen molar-refractivity contribution in [1.82, 2.24) is 0 Å². The second kappa shape index (κ2) is 5.85. The molecule has 0 fully saturated rings. The standard InChI is InChI=1S/C18H28O2/c1-14(9-12-19)18(20)11-5-4-7-15-8-6-10-17(2,3)16(15)13-18/h9,12,20H,4-8,10-11,13H2,1-3H3/b14-9+. The molecule has 0 radical (unpaired) electrons. The van der Waals surface area contributed by atoms with Crippen molar-refractivity contribution < 1.29 is 9.90 Å². The van der Waals surface area contributed by atoms with Crippen LogP contribution in [-0.2, 0) is 4.79 Å². The van der Waals surface area contributed by atoms with Gasteiger partial charge >= 0.3 is 0 Å². The van der Waals surface area contributed by atoms with E-state index >= 15 is 0 Å². The van der Waals surface area contributed by atoms with Gasteiger partial charge in [0.05, 0.1) is 5.60 Å². The fraction of sp³-hybridized carbons (Fsp3) is 0.722. The molecule has 1 atom stereocenters. The van der Waals surface area contributed by atoms with Crippen molar-refractivity contribution in [3.05, 3.63) is 22.8 Å². The molecule has 1 unspecified atom stereocenters. The highest BCUT2D eigenvalue weighted by Crippen LogP contribution is 2.48. The summed E-state index contributed by atoms with van der Waals surface area (Å²) in [7, 11) is 0. The number of carbonyl (C=O) groups excluding carboxylic acids is 1. The fourth-order valence-electron chi connectivity index (χ4n) is 3.89. The van der Waals surface area contributed by atoms with Crippen LogP contribution in [0.4, 0.5) is 0 Å². The van der Waals surface area contributed by atoms with E-state index in [1.165, 1.54) is 37.3 Å². The third-order valence-corrected chi connectivity index (χ3v) is 5.36. The van der Waals surface area contributed by atoms with Crippen molar-refractivity contribution in [2.45, 2.75) is 77.7 Å². The monoisotopic (exact) mass is 276 g/mol. The number of rotatable bonds is 2. The van der Waals surface area contributed by atoms with Gasteiger partial charge in [0, 0.05) is 6.42 Å². The Morgan fingerprint density at radius 1 is 1.15 bits per heavy atom. The lowest BCUT2D eigenvalue weighted by molar-refractivity contribution is -0.104. The van der Waals surface area contributed by atoms with Crippen LogP contribution in [0.3, 0.4) is 0 Å². The molecule has 0 aliphatic heterocycles. The molecular formula is C18H28O2. The fourth-order valence-corrected chi connectivity index (χ4v) is 3.89. The Bertz CT molecular complexity index is 442. The van der Waals surface area contributed by atoms with E-state index in [0.717, 1.165) is 31.1 Å². The van der Waals surface area contributed by atoms with Crippen LogP contribution < -0.4 is 0 Å². The van der Waals surface area contributed by atoms with Crippen molar-refractivity contribution in [3.8, 4) is 0 Å². The first kappa shape index (κ1) is 15.5. The predicted octanol–water partition coefficient (Wildman–Crippen LogP) is 4.33. The number of aliphatic hydroxyl groups is 1. The summed E-state index contributed by atoms with van der Waals surface area (Å²) in [5, 5.41) is 11.1. The maximum Gasteiger partial charge on any atom is 0.142 e. The minimum Gasteiger partial charge on any atom is -0.385 e. The molecule has 112 valence electrons. The number of aldehydes is 1. The van der Waals surface area contributed by atoms with Crippen molar-refractivity contribution in [2.24, 2.45) is 5.41 Å². The maximum absolute atomic E-state index is 11.1. The Hall–Kier alpha value is -0.890. The van der Waals surface area contributed by atoms with Crippen molar-refractivity contribution in [1.29, 1.82) is 0 Å². The van der Waals surface area contributed by atoms with E-state index in [-0.39, 0.29) is 5.41 Å². The summed E-state index contributed by atoms with van der Waals surface area (Å²) in [6.07, 6.45) is 10.9. The van der Waals surface area contributed by atoms with Crippen molar-refractivity contribution >= 4 is 6.29 Å². The highest BCUT2D eigenvalue weighted by Gasteiger charge is 2.38. The smallest absolute Gasteiger partial charge is 0.142 e. The van der Waals surface area contributed by atoms with Gasteiger partial charge in [-0.1, -0.05) is 25.0 Å². The number of carbonyl (C=O) groups is 1. The van der Waals surface area contributed by atoms with Gasteiger partial charge in [-0.25, -0.2) is 0 Å². The van der Waals surface area contributed by atoms with E-state index in [9.17, 15) is 9.90 Å². The van der Waals surface area contributed by atoms with Crippen LogP contribution in [0.5, 0.6) is 0 Å². The molecule has 0 spiro atoms. The Kier molecular flexibility index (Phi) is 4.53. The first-order valence-electron chi connectivity index (χ1n) is 7.95. The highest BCUT2D eigenvalue weighted by atomic mass is 16.3. The molecule has 0 saturated heterocycles. The molecule has 2 aliphatic carbocycles. The average Bonchev–Trinajstić information content (AvgIpc) is 2.36. The predicted molar refractivity (Wildman–Crippen MR) is 82.5 cm³/mol. The van der Waals surface area contributed by atoms with Gasteiger partial charge in [0.1, 0.15) is 6.29 Å².